The van der Waals surface area contributed by atoms with Gasteiger partial charge in [-0.2, -0.15) is 0 Å². The molecule has 0 radical (unpaired) electrons. The van der Waals surface area contributed by atoms with Gasteiger partial charge < -0.3 is 5.32 Å². The molecule has 0 aliphatic carbocycles. The zero-order valence-electron chi connectivity index (χ0n) is 8.67. The average molecular weight is 298 g/mol. The van der Waals surface area contributed by atoms with Crippen molar-refractivity contribution in [3.8, 4) is 0 Å². The highest BCUT2D eigenvalue weighted by molar-refractivity contribution is 9.10. The zero-order valence-corrected chi connectivity index (χ0v) is 11.0. The Morgan fingerprint density at radius 2 is 2.06 bits per heavy atom. The number of hydrogen-bond acceptors (Lipinski definition) is 2. The number of pyridine rings is 1. The van der Waals surface area contributed by atoms with Gasteiger partial charge in [0.2, 0.25) is 0 Å². The minimum absolute atomic E-state index is 0.486. The first-order valence-electron chi connectivity index (χ1n) is 4.81. The first-order chi connectivity index (χ1) is 7.65. The fourth-order valence-corrected chi connectivity index (χ4v) is 2.02. The van der Waals surface area contributed by atoms with E-state index in [0.29, 0.717) is 5.15 Å². The summed E-state index contributed by atoms with van der Waals surface area (Å²) in [4.78, 5) is 4.17. The molecule has 1 N–H and O–H groups in total. The van der Waals surface area contributed by atoms with Crippen LogP contribution in [0.4, 0.5) is 11.5 Å². The molecule has 2 nitrogen and oxygen atoms in total. The van der Waals surface area contributed by atoms with Crippen molar-refractivity contribution < 1.29 is 0 Å². The van der Waals surface area contributed by atoms with E-state index in [2.05, 4.69) is 26.2 Å². The number of anilines is 2. The molecule has 0 aliphatic heterocycles. The molecule has 0 amide bonds. The number of aryl methyl sites for hydroxylation is 1. The third-order valence-corrected chi connectivity index (χ3v) is 2.87. The number of hydrogen-bond donors (Lipinski definition) is 1. The molecule has 0 atom stereocenters. The summed E-state index contributed by atoms with van der Waals surface area (Å²) in [6.45, 7) is 2.04. The van der Waals surface area contributed by atoms with Gasteiger partial charge in [0.05, 0.1) is 0 Å². The van der Waals surface area contributed by atoms with E-state index in [1.165, 1.54) is 0 Å². The average Bonchev–Trinajstić information content (AvgIpc) is 2.22. The van der Waals surface area contributed by atoms with Gasteiger partial charge in [-0.25, -0.2) is 4.98 Å². The molecule has 0 unspecified atom stereocenters. The van der Waals surface area contributed by atoms with E-state index in [4.69, 9.17) is 11.6 Å². The summed E-state index contributed by atoms with van der Waals surface area (Å²) >= 11 is 9.25. The minimum atomic E-state index is 0.486. The third kappa shape index (κ3) is 2.74. The zero-order chi connectivity index (χ0) is 11.5. The molecule has 0 saturated heterocycles. The molecule has 0 aliphatic rings. The lowest BCUT2D eigenvalue weighted by atomic mass is 10.2. The van der Waals surface area contributed by atoms with Crippen LogP contribution in [0.3, 0.4) is 0 Å². The summed E-state index contributed by atoms with van der Waals surface area (Å²) < 4.78 is 1.06. The Bertz CT molecular complexity index is 514. The second-order valence-corrected chi connectivity index (χ2v) is 4.73. The van der Waals surface area contributed by atoms with E-state index in [1.54, 1.807) is 6.07 Å². The second kappa shape index (κ2) is 4.85. The maximum atomic E-state index is 5.82. The highest BCUT2D eigenvalue weighted by Gasteiger charge is 2.00. The van der Waals surface area contributed by atoms with Gasteiger partial charge in [-0.05, 0) is 42.8 Å². The molecule has 4 heteroatoms. The molecule has 0 spiro atoms. The van der Waals surface area contributed by atoms with Crippen molar-refractivity contribution in [2.45, 2.75) is 6.92 Å². The molecule has 0 saturated carbocycles. The lowest BCUT2D eigenvalue weighted by Gasteiger charge is -2.09. The number of nitrogens with one attached hydrogen (secondary N) is 1. The Labute approximate surface area is 108 Å². The van der Waals surface area contributed by atoms with Crippen molar-refractivity contribution >= 4 is 39.0 Å². The molecule has 2 aromatic rings. The highest BCUT2D eigenvalue weighted by Crippen LogP contribution is 2.23. The molecule has 2 rings (SSSR count). The number of halogens is 2. The van der Waals surface area contributed by atoms with Crippen molar-refractivity contribution in [3.63, 3.8) is 0 Å². The van der Waals surface area contributed by atoms with Crippen molar-refractivity contribution in [2.75, 3.05) is 5.32 Å². The third-order valence-electron chi connectivity index (χ3n) is 2.17. The van der Waals surface area contributed by atoms with E-state index < -0.39 is 0 Å². The monoisotopic (exact) mass is 296 g/mol. The van der Waals surface area contributed by atoms with Crippen LogP contribution in [-0.2, 0) is 0 Å². The van der Waals surface area contributed by atoms with Crippen LogP contribution in [-0.4, -0.2) is 4.98 Å². The first-order valence-corrected chi connectivity index (χ1v) is 5.98. The Morgan fingerprint density at radius 3 is 2.75 bits per heavy atom. The van der Waals surface area contributed by atoms with Crippen LogP contribution in [0.2, 0.25) is 5.15 Å². The minimum Gasteiger partial charge on any atom is -0.340 e. The Balaban J connectivity index is 2.27. The SMILES string of the molecule is Cc1cc(Br)ccc1Nc1cccc(Cl)n1. The predicted molar refractivity (Wildman–Crippen MR) is 71.4 cm³/mol. The molecule has 1 heterocycles. The van der Waals surface area contributed by atoms with E-state index in [1.807, 2.05) is 37.3 Å². The summed E-state index contributed by atoms with van der Waals surface area (Å²) in [5.41, 5.74) is 2.18. The Hall–Kier alpha value is -1.06. The highest BCUT2D eigenvalue weighted by atomic mass is 79.9. The molecule has 0 fully saturated rings. The summed E-state index contributed by atoms with van der Waals surface area (Å²) in [5.74, 6) is 0.748. The molecule has 1 aromatic carbocycles. The van der Waals surface area contributed by atoms with Gasteiger partial charge in [-0.1, -0.05) is 33.6 Å². The van der Waals surface area contributed by atoms with Crippen LogP contribution in [0.25, 0.3) is 0 Å². The van der Waals surface area contributed by atoms with Crippen LogP contribution in [0.15, 0.2) is 40.9 Å². The van der Waals surface area contributed by atoms with Gasteiger partial charge in [-0.3, -0.25) is 0 Å². The van der Waals surface area contributed by atoms with Gasteiger partial charge in [0.1, 0.15) is 11.0 Å². The lowest BCUT2D eigenvalue weighted by Crippen LogP contribution is -1.95. The van der Waals surface area contributed by atoms with Crippen molar-refractivity contribution in [1.82, 2.24) is 4.98 Å². The molecule has 0 bridgehead atoms. The predicted octanol–water partition coefficient (Wildman–Crippen LogP) is 4.55. The van der Waals surface area contributed by atoms with Gasteiger partial charge in [0.15, 0.2) is 0 Å². The fourth-order valence-electron chi connectivity index (χ4n) is 1.38. The quantitative estimate of drug-likeness (QED) is 0.823. The molecule has 1 aromatic heterocycles. The standard InChI is InChI=1S/C12H10BrClN2/c1-8-7-9(13)5-6-10(8)15-12-4-2-3-11(14)16-12/h2-7H,1H3,(H,15,16). The topological polar surface area (TPSA) is 24.9 Å². The fraction of sp³-hybridized carbons (Fsp3) is 0.0833. The number of benzene rings is 1. The molecular formula is C12H10BrClN2. The molecule has 82 valence electrons. The largest absolute Gasteiger partial charge is 0.340 e. The van der Waals surface area contributed by atoms with Gasteiger partial charge >= 0.3 is 0 Å². The molecule has 16 heavy (non-hydrogen) atoms. The van der Waals surface area contributed by atoms with E-state index in [9.17, 15) is 0 Å². The number of aromatic nitrogens is 1. The smallest absolute Gasteiger partial charge is 0.132 e. The summed E-state index contributed by atoms with van der Waals surface area (Å²) in [6, 6.07) is 11.5. The lowest BCUT2D eigenvalue weighted by molar-refractivity contribution is 1.29. The second-order valence-electron chi connectivity index (χ2n) is 3.43. The van der Waals surface area contributed by atoms with Crippen LogP contribution in [0, 0.1) is 6.92 Å². The number of nitrogens with zero attached hydrogens (tertiary/aromatic N) is 1. The maximum absolute atomic E-state index is 5.82. The van der Waals surface area contributed by atoms with Crippen LogP contribution in [0.1, 0.15) is 5.56 Å². The Kier molecular flexibility index (Phi) is 3.46. The maximum Gasteiger partial charge on any atom is 0.132 e. The number of rotatable bonds is 2. The van der Waals surface area contributed by atoms with Crippen molar-refractivity contribution in [2.24, 2.45) is 0 Å². The van der Waals surface area contributed by atoms with Crippen molar-refractivity contribution in [1.29, 1.82) is 0 Å². The van der Waals surface area contributed by atoms with Crippen LogP contribution >= 0.6 is 27.5 Å². The van der Waals surface area contributed by atoms with Crippen LogP contribution < -0.4 is 5.32 Å². The Morgan fingerprint density at radius 1 is 1.25 bits per heavy atom. The summed E-state index contributed by atoms with van der Waals surface area (Å²) in [6.07, 6.45) is 0. The summed E-state index contributed by atoms with van der Waals surface area (Å²) in [7, 11) is 0. The summed E-state index contributed by atoms with van der Waals surface area (Å²) in [5, 5.41) is 3.71. The van der Waals surface area contributed by atoms with Gasteiger partial charge in [0.25, 0.3) is 0 Å². The van der Waals surface area contributed by atoms with Crippen molar-refractivity contribution in [3.05, 3.63) is 51.6 Å². The van der Waals surface area contributed by atoms with Crippen LogP contribution in [0.5, 0.6) is 0 Å². The normalized spacial score (nSPS) is 10.2. The van der Waals surface area contributed by atoms with E-state index >= 15 is 0 Å². The van der Waals surface area contributed by atoms with Gasteiger partial charge in [0, 0.05) is 10.2 Å². The first kappa shape index (κ1) is 11.4. The van der Waals surface area contributed by atoms with E-state index in [0.717, 1.165) is 21.5 Å². The molecular weight excluding hydrogens is 288 g/mol. The van der Waals surface area contributed by atoms with Gasteiger partial charge in [-0.15, -0.1) is 0 Å². The van der Waals surface area contributed by atoms with E-state index in [-0.39, 0.29) is 0 Å².